The van der Waals surface area contributed by atoms with Crippen LogP contribution in [0, 0.1) is 0 Å². The van der Waals surface area contributed by atoms with E-state index < -0.39 is 11.9 Å². The minimum Gasteiger partial charge on any atom is -0.494 e. The van der Waals surface area contributed by atoms with E-state index in [0.29, 0.717) is 17.3 Å². The van der Waals surface area contributed by atoms with Crippen LogP contribution in [-0.4, -0.2) is 25.1 Å². The molecule has 0 aliphatic heterocycles. The first-order chi connectivity index (χ1) is 12.1. The van der Waals surface area contributed by atoms with Crippen molar-refractivity contribution in [3.05, 3.63) is 65.2 Å². The number of rotatable bonds is 7. The summed E-state index contributed by atoms with van der Waals surface area (Å²) in [6.07, 6.45) is 2.88. The molecule has 0 aromatic heterocycles. The zero-order chi connectivity index (χ0) is 18.1. The maximum atomic E-state index is 11.7. The Morgan fingerprint density at radius 3 is 2.40 bits per heavy atom. The zero-order valence-electron chi connectivity index (χ0n) is 13.7. The fourth-order valence-corrected chi connectivity index (χ4v) is 2.05. The number of amides is 1. The fourth-order valence-electron chi connectivity index (χ4n) is 1.92. The predicted octanol–water partition coefficient (Wildman–Crippen LogP) is 3.93. The Morgan fingerprint density at radius 1 is 1.08 bits per heavy atom. The predicted molar refractivity (Wildman–Crippen MR) is 97.7 cm³/mol. The Balaban J connectivity index is 1.77. The summed E-state index contributed by atoms with van der Waals surface area (Å²) in [5, 5.41) is 3.18. The highest BCUT2D eigenvalue weighted by atomic mass is 35.5. The lowest BCUT2D eigenvalue weighted by Crippen LogP contribution is -2.20. The van der Waals surface area contributed by atoms with E-state index in [9.17, 15) is 9.59 Å². The third kappa shape index (κ3) is 6.69. The topological polar surface area (TPSA) is 64.6 Å². The van der Waals surface area contributed by atoms with Crippen molar-refractivity contribution in [3.63, 3.8) is 0 Å². The largest absolute Gasteiger partial charge is 0.494 e. The van der Waals surface area contributed by atoms with Gasteiger partial charge < -0.3 is 14.8 Å². The molecule has 0 unspecified atom stereocenters. The van der Waals surface area contributed by atoms with Crippen molar-refractivity contribution < 1.29 is 19.1 Å². The van der Waals surface area contributed by atoms with E-state index in [1.807, 2.05) is 31.2 Å². The van der Waals surface area contributed by atoms with Crippen LogP contribution in [0.1, 0.15) is 12.5 Å². The molecule has 25 heavy (non-hydrogen) atoms. The highest BCUT2D eigenvalue weighted by Crippen LogP contribution is 2.14. The first kappa shape index (κ1) is 18.5. The Labute approximate surface area is 151 Å². The summed E-state index contributed by atoms with van der Waals surface area (Å²) in [6.45, 7) is 2.14. The molecule has 0 spiro atoms. The lowest BCUT2D eigenvalue weighted by atomic mass is 10.2. The number of benzene rings is 2. The van der Waals surface area contributed by atoms with Crippen molar-refractivity contribution in [2.24, 2.45) is 0 Å². The van der Waals surface area contributed by atoms with Crippen molar-refractivity contribution in [1.82, 2.24) is 0 Å². The van der Waals surface area contributed by atoms with Crippen molar-refractivity contribution >= 4 is 35.2 Å². The Hall–Kier alpha value is -2.79. The van der Waals surface area contributed by atoms with E-state index >= 15 is 0 Å². The molecule has 0 aliphatic carbocycles. The number of halogens is 1. The van der Waals surface area contributed by atoms with E-state index in [1.54, 1.807) is 30.3 Å². The molecule has 0 aliphatic rings. The van der Waals surface area contributed by atoms with E-state index in [1.165, 1.54) is 6.08 Å². The molecule has 130 valence electrons. The quantitative estimate of drug-likeness (QED) is 0.601. The van der Waals surface area contributed by atoms with Crippen LogP contribution in [0.15, 0.2) is 54.6 Å². The van der Waals surface area contributed by atoms with Gasteiger partial charge in [0.05, 0.1) is 6.61 Å². The average molecular weight is 360 g/mol. The maximum absolute atomic E-state index is 11.7. The van der Waals surface area contributed by atoms with Crippen LogP contribution in [-0.2, 0) is 14.3 Å². The summed E-state index contributed by atoms with van der Waals surface area (Å²) < 4.78 is 10.2. The molecule has 5 nitrogen and oxygen atoms in total. The molecule has 0 atom stereocenters. The van der Waals surface area contributed by atoms with Gasteiger partial charge in [-0.3, -0.25) is 4.79 Å². The second kappa shape index (κ2) is 9.49. The first-order valence-electron chi connectivity index (χ1n) is 7.70. The number of hydrogen-bond acceptors (Lipinski definition) is 4. The van der Waals surface area contributed by atoms with Crippen LogP contribution < -0.4 is 10.1 Å². The third-order valence-corrected chi connectivity index (χ3v) is 3.33. The van der Waals surface area contributed by atoms with Crippen molar-refractivity contribution in [2.75, 3.05) is 18.5 Å². The molecule has 0 saturated carbocycles. The van der Waals surface area contributed by atoms with Crippen LogP contribution in [0.3, 0.4) is 0 Å². The van der Waals surface area contributed by atoms with Gasteiger partial charge in [0.1, 0.15) is 5.75 Å². The molecule has 2 rings (SSSR count). The molecule has 2 aromatic rings. The molecule has 0 bridgehead atoms. The second-order valence-corrected chi connectivity index (χ2v) is 5.43. The second-order valence-electron chi connectivity index (χ2n) is 5.00. The number of carbonyl (C=O) groups excluding carboxylic acids is 2. The van der Waals surface area contributed by atoms with Gasteiger partial charge in [-0.25, -0.2) is 4.79 Å². The Morgan fingerprint density at radius 2 is 1.76 bits per heavy atom. The van der Waals surface area contributed by atoms with Crippen molar-refractivity contribution in [2.45, 2.75) is 6.92 Å². The van der Waals surface area contributed by atoms with Gasteiger partial charge in [-0.15, -0.1) is 0 Å². The van der Waals surface area contributed by atoms with Crippen molar-refractivity contribution in [1.29, 1.82) is 0 Å². The van der Waals surface area contributed by atoms with E-state index in [2.05, 4.69) is 5.32 Å². The molecule has 1 amide bonds. The van der Waals surface area contributed by atoms with Crippen LogP contribution in [0.5, 0.6) is 5.75 Å². The van der Waals surface area contributed by atoms with Crippen LogP contribution >= 0.6 is 11.6 Å². The summed E-state index contributed by atoms with van der Waals surface area (Å²) in [6, 6.07) is 13.9. The standard InChI is InChI=1S/C19H18ClNO4/c1-2-24-17-10-3-14(4-11-17)5-12-19(23)25-13-18(22)21-16-8-6-15(20)7-9-16/h3-12H,2,13H2,1H3,(H,21,22)/b12-5+. The number of carbonyl (C=O) groups is 2. The summed E-state index contributed by atoms with van der Waals surface area (Å²) in [5.74, 6) is -0.258. The highest BCUT2D eigenvalue weighted by molar-refractivity contribution is 6.30. The lowest BCUT2D eigenvalue weighted by molar-refractivity contribution is -0.142. The smallest absolute Gasteiger partial charge is 0.331 e. The lowest BCUT2D eigenvalue weighted by Gasteiger charge is -2.05. The van der Waals surface area contributed by atoms with Gasteiger partial charge in [-0.2, -0.15) is 0 Å². The molecule has 0 saturated heterocycles. The molecule has 0 radical (unpaired) electrons. The molecule has 0 heterocycles. The first-order valence-corrected chi connectivity index (χ1v) is 8.07. The van der Waals surface area contributed by atoms with E-state index in [-0.39, 0.29) is 6.61 Å². The van der Waals surface area contributed by atoms with E-state index in [4.69, 9.17) is 21.1 Å². The van der Waals surface area contributed by atoms with E-state index in [0.717, 1.165) is 11.3 Å². The number of ether oxygens (including phenoxy) is 2. The van der Waals surface area contributed by atoms with Gasteiger partial charge in [0.15, 0.2) is 6.61 Å². The minimum absolute atomic E-state index is 0.366. The number of nitrogens with one attached hydrogen (secondary N) is 1. The van der Waals surface area contributed by atoms with Gasteiger partial charge in [-0.05, 0) is 55.0 Å². The maximum Gasteiger partial charge on any atom is 0.331 e. The molecular formula is C19H18ClNO4. The molecule has 1 N–H and O–H groups in total. The van der Waals surface area contributed by atoms with Gasteiger partial charge in [0.25, 0.3) is 5.91 Å². The molecule has 0 fully saturated rings. The number of hydrogen-bond donors (Lipinski definition) is 1. The summed E-state index contributed by atoms with van der Waals surface area (Å²) >= 11 is 5.76. The molecular weight excluding hydrogens is 342 g/mol. The molecule has 6 heteroatoms. The average Bonchev–Trinajstić information content (AvgIpc) is 2.61. The van der Waals surface area contributed by atoms with Crippen LogP contribution in [0.2, 0.25) is 5.02 Å². The van der Waals surface area contributed by atoms with Crippen LogP contribution in [0.4, 0.5) is 5.69 Å². The summed E-state index contributed by atoms with van der Waals surface area (Å²) in [5.41, 5.74) is 1.40. The Kier molecular flexibility index (Phi) is 7.04. The number of anilines is 1. The Bertz CT molecular complexity index is 739. The van der Waals surface area contributed by atoms with Gasteiger partial charge in [-0.1, -0.05) is 23.7 Å². The van der Waals surface area contributed by atoms with Gasteiger partial charge >= 0.3 is 5.97 Å². The molecule has 2 aromatic carbocycles. The SMILES string of the molecule is CCOc1ccc(/C=C/C(=O)OCC(=O)Nc2ccc(Cl)cc2)cc1. The highest BCUT2D eigenvalue weighted by Gasteiger charge is 2.05. The van der Waals surface area contributed by atoms with Gasteiger partial charge in [0.2, 0.25) is 0 Å². The fraction of sp³-hybridized carbons (Fsp3) is 0.158. The van der Waals surface area contributed by atoms with Crippen LogP contribution in [0.25, 0.3) is 6.08 Å². The van der Waals surface area contributed by atoms with Gasteiger partial charge in [0, 0.05) is 16.8 Å². The zero-order valence-corrected chi connectivity index (χ0v) is 14.5. The summed E-state index contributed by atoms with van der Waals surface area (Å²) in [4.78, 5) is 23.4. The monoisotopic (exact) mass is 359 g/mol. The van der Waals surface area contributed by atoms with Crippen molar-refractivity contribution in [3.8, 4) is 5.75 Å². The normalized spacial score (nSPS) is 10.5. The third-order valence-electron chi connectivity index (χ3n) is 3.08. The minimum atomic E-state index is -0.597. The summed E-state index contributed by atoms with van der Waals surface area (Å²) in [7, 11) is 0. The number of esters is 1.